The Morgan fingerprint density at radius 2 is 2.10 bits per heavy atom. The topological polar surface area (TPSA) is 81.9 Å². The zero-order valence-electron chi connectivity index (χ0n) is 11.1. The van der Waals surface area contributed by atoms with Gasteiger partial charge in [0, 0.05) is 29.9 Å². The van der Waals surface area contributed by atoms with Crippen LogP contribution in [0.5, 0.6) is 5.75 Å². The third-order valence-electron chi connectivity index (χ3n) is 3.08. The van der Waals surface area contributed by atoms with Crippen molar-refractivity contribution in [2.45, 2.75) is 11.3 Å². The summed E-state index contributed by atoms with van der Waals surface area (Å²) in [4.78, 5) is 0.0857. The number of anilines is 1. The van der Waals surface area contributed by atoms with E-state index in [0.717, 1.165) is 0 Å². The standard InChI is InChI=1S/C12H17BrN2O4S/c1-18-11-7-9(13)10(14)8-12(11)20(16,17)15-3-2-5-19-6-4-15/h7-8H,2-6,14H2,1H3. The molecule has 20 heavy (non-hydrogen) atoms. The van der Waals surface area contributed by atoms with Gasteiger partial charge in [-0.25, -0.2) is 8.42 Å². The van der Waals surface area contributed by atoms with Gasteiger partial charge in [-0.1, -0.05) is 0 Å². The Morgan fingerprint density at radius 1 is 1.35 bits per heavy atom. The first-order valence-electron chi connectivity index (χ1n) is 6.17. The number of nitrogen functional groups attached to an aromatic ring is 1. The van der Waals surface area contributed by atoms with E-state index in [1.807, 2.05) is 0 Å². The van der Waals surface area contributed by atoms with Crippen LogP contribution >= 0.6 is 15.9 Å². The average Bonchev–Trinajstić information content (AvgIpc) is 2.70. The maximum atomic E-state index is 12.7. The molecule has 0 aromatic heterocycles. The fourth-order valence-electron chi connectivity index (χ4n) is 2.01. The molecule has 1 aliphatic rings. The average molecular weight is 365 g/mol. The number of nitrogens with zero attached hydrogens (tertiary/aromatic N) is 1. The molecule has 1 aromatic rings. The van der Waals surface area contributed by atoms with Gasteiger partial charge in [0.15, 0.2) is 0 Å². The number of rotatable bonds is 3. The molecule has 2 rings (SSSR count). The Labute approximate surface area is 127 Å². The Bertz CT molecular complexity index is 583. The van der Waals surface area contributed by atoms with Crippen molar-refractivity contribution in [3.8, 4) is 5.75 Å². The number of halogens is 1. The monoisotopic (exact) mass is 364 g/mol. The normalized spacial score (nSPS) is 17.7. The summed E-state index contributed by atoms with van der Waals surface area (Å²) in [6.45, 7) is 1.74. The summed E-state index contributed by atoms with van der Waals surface area (Å²) in [5.41, 5.74) is 6.15. The molecular weight excluding hydrogens is 348 g/mol. The maximum Gasteiger partial charge on any atom is 0.246 e. The molecule has 1 saturated heterocycles. The highest BCUT2D eigenvalue weighted by Gasteiger charge is 2.29. The Kier molecular flexibility index (Phi) is 4.90. The SMILES string of the molecule is COc1cc(Br)c(N)cc1S(=O)(=O)N1CCCOCC1. The van der Waals surface area contributed by atoms with Crippen LogP contribution in [0.4, 0.5) is 5.69 Å². The highest BCUT2D eigenvalue weighted by molar-refractivity contribution is 9.10. The van der Waals surface area contributed by atoms with Crippen molar-refractivity contribution in [3.05, 3.63) is 16.6 Å². The summed E-state index contributed by atoms with van der Waals surface area (Å²) in [6, 6.07) is 2.99. The number of sulfonamides is 1. The second-order valence-corrected chi connectivity index (χ2v) is 7.16. The predicted molar refractivity (Wildman–Crippen MR) is 79.3 cm³/mol. The van der Waals surface area contributed by atoms with Gasteiger partial charge in [-0.2, -0.15) is 4.31 Å². The van der Waals surface area contributed by atoms with E-state index in [9.17, 15) is 8.42 Å². The van der Waals surface area contributed by atoms with Gasteiger partial charge >= 0.3 is 0 Å². The summed E-state index contributed by atoms with van der Waals surface area (Å²) in [5.74, 6) is 0.274. The lowest BCUT2D eigenvalue weighted by Crippen LogP contribution is -2.33. The van der Waals surface area contributed by atoms with E-state index in [2.05, 4.69) is 15.9 Å². The molecule has 0 unspecified atom stereocenters. The van der Waals surface area contributed by atoms with Crippen molar-refractivity contribution in [1.29, 1.82) is 0 Å². The predicted octanol–water partition coefficient (Wildman–Crippen LogP) is 1.45. The number of methoxy groups -OCH3 is 1. The highest BCUT2D eigenvalue weighted by Crippen LogP contribution is 2.34. The van der Waals surface area contributed by atoms with Gasteiger partial charge in [0.05, 0.1) is 13.7 Å². The largest absolute Gasteiger partial charge is 0.495 e. The van der Waals surface area contributed by atoms with Gasteiger partial charge in [-0.05, 0) is 34.5 Å². The minimum absolute atomic E-state index is 0.0857. The smallest absolute Gasteiger partial charge is 0.246 e. The number of benzene rings is 1. The van der Waals surface area contributed by atoms with Gasteiger partial charge in [-0.15, -0.1) is 0 Å². The van der Waals surface area contributed by atoms with Crippen LogP contribution in [0, 0.1) is 0 Å². The second kappa shape index (κ2) is 6.30. The molecule has 0 spiro atoms. The molecule has 0 aliphatic carbocycles. The quantitative estimate of drug-likeness (QED) is 0.820. The first kappa shape index (κ1) is 15.6. The lowest BCUT2D eigenvalue weighted by molar-refractivity contribution is 0.148. The van der Waals surface area contributed by atoms with E-state index in [-0.39, 0.29) is 10.6 Å². The van der Waals surface area contributed by atoms with Crippen molar-refractivity contribution < 1.29 is 17.9 Å². The van der Waals surface area contributed by atoms with Crippen molar-refractivity contribution in [2.75, 3.05) is 39.1 Å². The molecule has 1 heterocycles. The third kappa shape index (κ3) is 3.08. The summed E-state index contributed by atoms with van der Waals surface area (Å²) in [6.07, 6.45) is 0.674. The van der Waals surface area contributed by atoms with E-state index in [4.69, 9.17) is 15.2 Å². The number of hydrogen-bond acceptors (Lipinski definition) is 5. The molecule has 1 fully saturated rings. The molecule has 0 bridgehead atoms. The fraction of sp³-hybridized carbons (Fsp3) is 0.500. The molecule has 8 heteroatoms. The summed E-state index contributed by atoms with van der Waals surface area (Å²) < 4.78 is 37.9. The van der Waals surface area contributed by atoms with E-state index in [0.29, 0.717) is 42.9 Å². The molecule has 6 nitrogen and oxygen atoms in total. The van der Waals surface area contributed by atoms with Crippen molar-refractivity contribution in [2.24, 2.45) is 0 Å². The summed E-state index contributed by atoms with van der Waals surface area (Å²) in [7, 11) is -2.21. The Morgan fingerprint density at radius 3 is 2.80 bits per heavy atom. The number of hydrogen-bond donors (Lipinski definition) is 1. The minimum Gasteiger partial charge on any atom is -0.495 e. The first-order chi connectivity index (χ1) is 9.46. The maximum absolute atomic E-state index is 12.7. The van der Waals surface area contributed by atoms with E-state index >= 15 is 0 Å². The highest BCUT2D eigenvalue weighted by atomic mass is 79.9. The van der Waals surface area contributed by atoms with Gasteiger partial charge < -0.3 is 15.2 Å². The number of ether oxygens (including phenoxy) is 2. The van der Waals surface area contributed by atoms with Gasteiger partial charge in [0.2, 0.25) is 10.0 Å². The molecule has 0 radical (unpaired) electrons. The summed E-state index contributed by atoms with van der Waals surface area (Å²) in [5, 5.41) is 0. The van der Waals surface area contributed by atoms with E-state index in [1.54, 1.807) is 6.07 Å². The van der Waals surface area contributed by atoms with Crippen LogP contribution in [0.15, 0.2) is 21.5 Å². The van der Waals surface area contributed by atoms with E-state index < -0.39 is 10.0 Å². The molecule has 0 atom stereocenters. The molecule has 2 N–H and O–H groups in total. The first-order valence-corrected chi connectivity index (χ1v) is 8.41. The third-order valence-corrected chi connectivity index (χ3v) is 5.69. The zero-order valence-corrected chi connectivity index (χ0v) is 13.5. The van der Waals surface area contributed by atoms with Crippen LogP contribution in [0.1, 0.15) is 6.42 Å². The molecule has 1 aliphatic heterocycles. The van der Waals surface area contributed by atoms with Crippen molar-refractivity contribution >= 4 is 31.6 Å². The Hall–Kier alpha value is -0.830. The van der Waals surface area contributed by atoms with Crippen LogP contribution in [0.3, 0.4) is 0 Å². The van der Waals surface area contributed by atoms with Crippen LogP contribution in [-0.4, -0.2) is 46.1 Å². The van der Waals surface area contributed by atoms with Gasteiger partial charge in [0.25, 0.3) is 0 Å². The molecule has 0 saturated carbocycles. The molecule has 0 amide bonds. The van der Waals surface area contributed by atoms with Gasteiger partial charge in [0.1, 0.15) is 10.6 Å². The number of nitrogens with two attached hydrogens (primary N) is 1. The zero-order chi connectivity index (χ0) is 14.8. The van der Waals surface area contributed by atoms with E-state index in [1.165, 1.54) is 17.5 Å². The second-order valence-electron chi connectivity index (χ2n) is 4.39. The van der Waals surface area contributed by atoms with Gasteiger partial charge in [-0.3, -0.25) is 0 Å². The molecule has 112 valence electrons. The van der Waals surface area contributed by atoms with Crippen LogP contribution in [0.25, 0.3) is 0 Å². The molecular formula is C12H17BrN2O4S. The lowest BCUT2D eigenvalue weighted by atomic mass is 10.3. The van der Waals surface area contributed by atoms with Crippen molar-refractivity contribution in [3.63, 3.8) is 0 Å². The van der Waals surface area contributed by atoms with Crippen LogP contribution in [0.2, 0.25) is 0 Å². The Balaban J connectivity index is 2.45. The summed E-state index contributed by atoms with van der Waals surface area (Å²) >= 11 is 3.26. The fourth-order valence-corrected chi connectivity index (χ4v) is 3.97. The van der Waals surface area contributed by atoms with Crippen LogP contribution < -0.4 is 10.5 Å². The molecule has 1 aromatic carbocycles. The van der Waals surface area contributed by atoms with Crippen molar-refractivity contribution in [1.82, 2.24) is 4.31 Å². The lowest BCUT2D eigenvalue weighted by Gasteiger charge is -2.21. The minimum atomic E-state index is -3.64. The van der Waals surface area contributed by atoms with Crippen LogP contribution in [-0.2, 0) is 14.8 Å².